The third-order valence-corrected chi connectivity index (χ3v) is 5.19. The highest BCUT2D eigenvalue weighted by molar-refractivity contribution is 5.81. The van der Waals surface area contributed by atoms with E-state index in [-0.39, 0.29) is 39.3 Å². The molecule has 0 heterocycles. The summed E-state index contributed by atoms with van der Waals surface area (Å²) < 4.78 is 15.8. The van der Waals surface area contributed by atoms with Crippen LogP contribution in [-0.4, -0.2) is 81.5 Å². The summed E-state index contributed by atoms with van der Waals surface area (Å²) in [6.45, 7) is 8.07. The molecule has 0 bridgehead atoms. The molecule has 0 aliphatic heterocycles. The Morgan fingerprint density at radius 1 is 1.00 bits per heavy atom. The summed E-state index contributed by atoms with van der Waals surface area (Å²) in [7, 11) is 3.75. The van der Waals surface area contributed by atoms with Crippen molar-refractivity contribution in [2.24, 2.45) is 16.7 Å². The number of carbonyl (C=O) groups excluding carboxylic acids is 3. The van der Waals surface area contributed by atoms with Crippen LogP contribution in [0.5, 0.6) is 0 Å². The molecule has 3 unspecified atom stereocenters. The third kappa shape index (κ3) is 9.40. The number of aliphatic hydroxyl groups is 1. The maximum absolute atomic E-state index is 13.1. The summed E-state index contributed by atoms with van der Waals surface area (Å²) >= 11 is 0. The highest BCUT2D eigenvalue weighted by Gasteiger charge is 2.47. The lowest BCUT2D eigenvalue weighted by Gasteiger charge is -2.37. The maximum atomic E-state index is 13.1. The number of likely N-dealkylation sites (N-methyl/N-ethyl adjacent to an activating group) is 1. The van der Waals surface area contributed by atoms with E-state index in [9.17, 15) is 14.4 Å². The molecule has 0 aliphatic rings. The minimum absolute atomic E-state index is 0.1000. The Bertz CT molecular complexity index is 555. The van der Waals surface area contributed by atoms with Crippen molar-refractivity contribution in [3.05, 3.63) is 0 Å². The van der Waals surface area contributed by atoms with Crippen LogP contribution in [0, 0.1) is 16.7 Å². The average Bonchev–Trinajstić information content (AvgIpc) is 2.69. The van der Waals surface area contributed by atoms with E-state index >= 15 is 0 Å². The van der Waals surface area contributed by atoms with Gasteiger partial charge in [-0.25, -0.2) is 0 Å². The monoisotopic (exact) mass is 433 g/mol. The number of ether oxygens (including phenoxy) is 3. The van der Waals surface area contributed by atoms with E-state index in [2.05, 4.69) is 5.73 Å². The molecular weight excluding hydrogens is 392 g/mol. The summed E-state index contributed by atoms with van der Waals surface area (Å²) in [5.74, 6) is -1.97. The lowest BCUT2D eigenvalue weighted by Crippen LogP contribution is -2.53. The van der Waals surface area contributed by atoms with Crippen LogP contribution in [0.2, 0.25) is 0 Å². The predicted octanol–water partition coefficient (Wildman–Crippen LogP) is 0.251. The number of quaternary nitrogens is 1. The van der Waals surface area contributed by atoms with Gasteiger partial charge < -0.3 is 30.0 Å². The highest BCUT2D eigenvalue weighted by atomic mass is 16.5. The first-order chi connectivity index (χ1) is 14.0. The van der Waals surface area contributed by atoms with E-state index in [0.29, 0.717) is 19.5 Å². The number of hydrogen-bond acceptors (Lipinski definition) is 8. The average molecular weight is 434 g/mol. The Morgan fingerprint density at radius 3 is 2.07 bits per heavy atom. The van der Waals surface area contributed by atoms with Gasteiger partial charge in [0, 0.05) is 6.54 Å². The molecule has 0 aliphatic carbocycles. The zero-order valence-corrected chi connectivity index (χ0v) is 19.5. The van der Waals surface area contributed by atoms with Crippen molar-refractivity contribution in [1.29, 1.82) is 0 Å². The quantitative estimate of drug-likeness (QED) is 0.278. The summed E-state index contributed by atoms with van der Waals surface area (Å²) in [6, 6.07) is 0. The molecule has 0 saturated heterocycles. The van der Waals surface area contributed by atoms with E-state index in [1.165, 1.54) is 0 Å². The van der Waals surface area contributed by atoms with Gasteiger partial charge in [-0.15, -0.1) is 0 Å². The Kier molecular flexibility index (Phi) is 12.8. The van der Waals surface area contributed by atoms with Gasteiger partial charge in [-0.1, -0.05) is 13.8 Å². The number of esters is 3. The summed E-state index contributed by atoms with van der Waals surface area (Å²) in [4.78, 5) is 39.9. The van der Waals surface area contributed by atoms with Gasteiger partial charge in [-0.3, -0.25) is 14.4 Å². The van der Waals surface area contributed by atoms with Crippen molar-refractivity contribution in [3.8, 4) is 0 Å². The molecule has 9 nitrogen and oxygen atoms in total. The molecule has 0 radical (unpaired) electrons. The molecule has 9 heteroatoms. The van der Waals surface area contributed by atoms with E-state index < -0.39 is 34.7 Å². The third-order valence-electron chi connectivity index (χ3n) is 5.19. The van der Waals surface area contributed by atoms with Gasteiger partial charge in [0.1, 0.15) is 26.4 Å². The van der Waals surface area contributed by atoms with Gasteiger partial charge in [0.05, 0.1) is 23.4 Å². The zero-order valence-electron chi connectivity index (χ0n) is 19.5. The molecule has 0 rings (SSSR count). The molecule has 4 N–H and O–H groups in total. The lowest BCUT2D eigenvalue weighted by molar-refractivity contribution is -0.372. The topological polar surface area (TPSA) is 130 Å². The largest absolute Gasteiger partial charge is 0.464 e. The van der Waals surface area contributed by atoms with Crippen LogP contribution < -0.4 is 5.73 Å². The first-order valence-electron chi connectivity index (χ1n) is 10.5. The van der Waals surface area contributed by atoms with E-state index in [0.717, 1.165) is 0 Å². The number of aliphatic hydroxyl groups excluding tert-OH is 1. The second-order valence-electron chi connectivity index (χ2n) is 8.58. The predicted molar refractivity (Wildman–Crippen MR) is 111 cm³/mol. The van der Waals surface area contributed by atoms with Gasteiger partial charge in [-0.2, -0.15) is 0 Å². The number of carbonyl (C=O) groups is 3. The standard InChI is InChI=1S/C21H40N2O7/c1-7-20(3,18(26)29-11-8-22)15-21(4,19(27)30-12-9-23(5)6)14-16(2)17(25)28-13-10-24/h16,24H,7-15,22H2,1-6H3/p+1. The van der Waals surface area contributed by atoms with E-state index in [1.807, 2.05) is 25.9 Å². The minimum atomic E-state index is -1.10. The van der Waals surface area contributed by atoms with Gasteiger partial charge in [-0.05, 0) is 47.2 Å². The summed E-state index contributed by atoms with van der Waals surface area (Å²) in [5.41, 5.74) is 1.66. The van der Waals surface area contributed by atoms with E-state index in [1.54, 1.807) is 20.8 Å². The van der Waals surface area contributed by atoms with Crippen LogP contribution in [0.15, 0.2) is 0 Å². The van der Waals surface area contributed by atoms with Crippen molar-refractivity contribution < 1.29 is 39.4 Å². The molecule has 176 valence electrons. The van der Waals surface area contributed by atoms with Gasteiger partial charge in [0.2, 0.25) is 0 Å². The van der Waals surface area contributed by atoms with Crippen molar-refractivity contribution in [2.45, 2.75) is 47.0 Å². The molecule has 0 aromatic heterocycles. The van der Waals surface area contributed by atoms with Crippen LogP contribution in [0.1, 0.15) is 47.0 Å². The number of hydrogen-bond donors (Lipinski definition) is 2. The molecule has 0 aromatic rings. The molecule has 30 heavy (non-hydrogen) atoms. The Labute approximate surface area is 180 Å². The first-order valence-corrected chi connectivity index (χ1v) is 10.5. The summed E-state index contributed by atoms with van der Waals surface area (Å²) in [5, 5.41) is 8.87. The van der Waals surface area contributed by atoms with Gasteiger partial charge >= 0.3 is 17.9 Å². The maximum Gasteiger partial charge on any atom is 0.312 e. The second kappa shape index (κ2) is 13.6. The Morgan fingerprint density at radius 2 is 1.57 bits per heavy atom. The van der Waals surface area contributed by atoms with Crippen LogP contribution in [0.4, 0.5) is 0 Å². The highest BCUT2D eigenvalue weighted by Crippen LogP contribution is 2.42. The molecule has 0 amide bonds. The second-order valence-corrected chi connectivity index (χ2v) is 8.58. The van der Waals surface area contributed by atoms with E-state index in [4.69, 9.17) is 19.3 Å². The van der Waals surface area contributed by atoms with Crippen molar-refractivity contribution in [2.75, 3.05) is 53.6 Å². The fourth-order valence-corrected chi connectivity index (χ4v) is 3.31. The molecule has 0 aromatic carbocycles. The Hall–Kier alpha value is -1.71. The van der Waals surface area contributed by atoms with Crippen LogP contribution in [0.3, 0.4) is 0 Å². The van der Waals surface area contributed by atoms with Crippen molar-refractivity contribution in [3.63, 3.8) is 0 Å². The number of rotatable bonds is 15. The zero-order chi connectivity index (χ0) is 23.4. The normalized spacial score (nSPS) is 16.3. The molecule has 0 spiro atoms. The molecule has 3 atom stereocenters. The van der Waals surface area contributed by atoms with Gasteiger partial charge in [0.15, 0.2) is 0 Å². The fourth-order valence-electron chi connectivity index (χ4n) is 3.31. The van der Waals surface area contributed by atoms with Crippen LogP contribution in [-0.2, 0) is 28.6 Å². The summed E-state index contributed by atoms with van der Waals surface area (Å²) in [6.07, 6.45) is 0.786. The number of nitrogens with zero attached hydrogens (tertiary/aromatic N) is 1. The lowest BCUT2D eigenvalue weighted by atomic mass is 9.68. The fraction of sp³-hybridized carbons (Fsp3) is 0.857. The van der Waals surface area contributed by atoms with Crippen LogP contribution >= 0.6 is 0 Å². The van der Waals surface area contributed by atoms with Crippen LogP contribution in [0.25, 0.3) is 0 Å². The van der Waals surface area contributed by atoms with Gasteiger partial charge in [0.25, 0.3) is 0 Å². The minimum Gasteiger partial charge on any atom is -0.464 e. The molecule has 0 fully saturated rings. The molecular formula is C21H41N2O7+. The van der Waals surface area contributed by atoms with Crippen molar-refractivity contribution in [1.82, 2.24) is 4.90 Å². The Balaban J connectivity index is 5.59. The van der Waals surface area contributed by atoms with Crippen molar-refractivity contribution >= 4 is 17.9 Å². The smallest absolute Gasteiger partial charge is 0.312 e. The SMILES string of the molecule is CCC(C)(CC(C)(CC(C)C(=O)OCCO)C(=O)OCCN(C)C)C(=O)OCC[NH3+]. The molecule has 0 saturated carbocycles. The first kappa shape index (κ1) is 28.3.